The van der Waals surface area contributed by atoms with E-state index >= 15 is 0 Å². The Balaban J connectivity index is 3.76. The maximum atomic E-state index is 10.7. The Labute approximate surface area is 91.2 Å². The molecule has 1 amide bonds. The molecule has 82 valence electrons. The van der Waals surface area contributed by atoms with Crippen LogP contribution < -0.4 is 5.32 Å². The van der Waals surface area contributed by atoms with Crippen LogP contribution in [0.25, 0.3) is 0 Å². The molecule has 0 fully saturated rings. The first-order valence-electron chi connectivity index (χ1n) is 3.80. The van der Waals surface area contributed by atoms with Gasteiger partial charge in [-0.15, -0.1) is 10.1 Å². The zero-order chi connectivity index (χ0) is 12.2. The summed E-state index contributed by atoms with van der Waals surface area (Å²) in [6.07, 6.45) is 0.979. The predicted octanol–water partition coefficient (Wildman–Crippen LogP) is -0.134. The zero-order valence-corrected chi connectivity index (χ0v) is 8.20. The van der Waals surface area contributed by atoms with Gasteiger partial charge < -0.3 is 4.74 Å². The Hall–Kier alpha value is -2.85. The first-order chi connectivity index (χ1) is 7.66. The fourth-order valence-electron chi connectivity index (χ4n) is 0.402. The number of ether oxygens (including phenoxy) is 1. The van der Waals surface area contributed by atoms with E-state index in [1.165, 1.54) is 0 Å². The summed E-state index contributed by atoms with van der Waals surface area (Å²) >= 11 is 0. The van der Waals surface area contributed by atoms with Crippen LogP contribution in [0.3, 0.4) is 0 Å². The summed E-state index contributed by atoms with van der Waals surface area (Å²) < 4.78 is 4.24. The lowest BCUT2D eigenvalue weighted by Gasteiger charge is -1.98. The Morgan fingerprint density at radius 3 is 2.69 bits per heavy atom. The highest BCUT2D eigenvalue weighted by atomic mass is 17.0. The minimum atomic E-state index is -1.05. The van der Waals surface area contributed by atoms with Crippen molar-refractivity contribution in [3.8, 4) is 35.7 Å². The van der Waals surface area contributed by atoms with Gasteiger partial charge in [-0.3, -0.25) is 10.2 Å². The lowest BCUT2D eigenvalue weighted by atomic mass is 10.5. The lowest BCUT2D eigenvalue weighted by molar-refractivity contribution is -0.758. The van der Waals surface area contributed by atoms with Crippen molar-refractivity contribution in [2.24, 2.45) is 0 Å². The van der Waals surface area contributed by atoms with Crippen LogP contribution in [0.4, 0.5) is 4.79 Å². The van der Waals surface area contributed by atoms with Crippen LogP contribution in [0.2, 0.25) is 0 Å². The highest BCUT2D eigenvalue weighted by Crippen LogP contribution is 1.75. The van der Waals surface area contributed by atoms with Crippen LogP contribution in [0.5, 0.6) is 0 Å². The van der Waals surface area contributed by atoms with Crippen molar-refractivity contribution in [2.75, 3.05) is 6.73 Å². The van der Waals surface area contributed by atoms with Gasteiger partial charge in [0, 0.05) is 11.8 Å². The van der Waals surface area contributed by atoms with Gasteiger partial charge in [0.2, 0.25) is 0 Å². The fourth-order valence-corrected chi connectivity index (χ4v) is 0.402. The number of carbonyl (C=O) groups excluding carboxylic acids is 1. The molecular formula is C9H6N2O5. The molecule has 7 heteroatoms. The molecule has 0 saturated carbocycles. The number of carbonyl (C=O) groups is 1. The average molecular weight is 222 g/mol. The predicted molar refractivity (Wildman–Crippen MR) is 51.6 cm³/mol. The third kappa shape index (κ3) is 9.24. The highest BCUT2D eigenvalue weighted by molar-refractivity contribution is 5.68. The maximum absolute atomic E-state index is 10.7. The molecule has 0 heterocycles. The lowest BCUT2D eigenvalue weighted by Crippen LogP contribution is -2.26. The molecule has 0 aromatic heterocycles. The number of alkyl carbamates (subject to hydrolysis) is 1. The summed E-state index contributed by atoms with van der Waals surface area (Å²) in [5, 5.41) is 10.5. The van der Waals surface area contributed by atoms with Crippen molar-refractivity contribution in [3.63, 3.8) is 0 Å². The fraction of sp³-hybridized carbons (Fsp3) is 0.222. The largest absolute Gasteiger partial charge is 0.422 e. The monoisotopic (exact) mass is 222 g/mol. The topological polar surface area (TPSA) is 90.7 Å². The Morgan fingerprint density at radius 1 is 1.38 bits per heavy atom. The number of rotatable bonds is 3. The molecule has 0 bridgehead atoms. The zero-order valence-electron chi connectivity index (χ0n) is 8.20. The second-order valence-electron chi connectivity index (χ2n) is 1.92. The van der Waals surface area contributed by atoms with Crippen LogP contribution in [-0.4, -0.2) is 17.9 Å². The molecule has 0 aromatic carbocycles. The molecule has 0 rings (SSSR count). The summed E-state index contributed by atoms with van der Waals surface area (Å²) in [5.41, 5.74) is 0. The Kier molecular flexibility index (Phi) is 7.18. The van der Waals surface area contributed by atoms with Crippen LogP contribution in [0, 0.1) is 45.8 Å². The first kappa shape index (κ1) is 13.1. The van der Waals surface area contributed by atoms with Crippen LogP contribution in [-0.2, 0) is 9.57 Å². The maximum Gasteiger partial charge on any atom is 0.422 e. The summed E-state index contributed by atoms with van der Waals surface area (Å²) in [4.78, 5) is 24.2. The molecule has 1 N–H and O–H groups in total. The van der Waals surface area contributed by atoms with E-state index < -0.39 is 17.9 Å². The van der Waals surface area contributed by atoms with E-state index in [-0.39, 0.29) is 0 Å². The molecule has 0 aliphatic rings. The summed E-state index contributed by atoms with van der Waals surface area (Å²) in [7, 11) is 0. The molecule has 0 atom stereocenters. The molecule has 0 radical (unpaired) electrons. The number of nitrogens with one attached hydrogen (secondary N) is 1. The number of amides is 1. The van der Waals surface area contributed by atoms with Gasteiger partial charge in [-0.2, -0.15) is 0 Å². The van der Waals surface area contributed by atoms with Gasteiger partial charge >= 0.3 is 6.09 Å². The van der Waals surface area contributed by atoms with E-state index in [0.29, 0.717) is 0 Å². The van der Waals surface area contributed by atoms with Crippen molar-refractivity contribution < 1.29 is 19.5 Å². The van der Waals surface area contributed by atoms with Crippen molar-refractivity contribution in [1.82, 2.24) is 5.32 Å². The molecule has 7 nitrogen and oxygen atoms in total. The third-order valence-corrected chi connectivity index (χ3v) is 0.894. The third-order valence-electron chi connectivity index (χ3n) is 0.894. The summed E-state index contributed by atoms with van der Waals surface area (Å²) in [6, 6.07) is 0. The quantitative estimate of drug-likeness (QED) is 0.311. The van der Waals surface area contributed by atoms with Gasteiger partial charge in [0.25, 0.3) is 5.09 Å². The van der Waals surface area contributed by atoms with E-state index in [9.17, 15) is 14.9 Å². The molecule has 0 aliphatic heterocycles. The van der Waals surface area contributed by atoms with E-state index in [4.69, 9.17) is 0 Å². The second-order valence-corrected chi connectivity index (χ2v) is 1.92. The summed E-state index contributed by atoms with van der Waals surface area (Å²) in [5.74, 6) is 11.8. The van der Waals surface area contributed by atoms with Gasteiger partial charge in [0.15, 0.2) is 6.73 Å². The minimum absolute atomic E-state index is 0.611. The minimum Gasteiger partial charge on any atom is -0.355 e. The van der Waals surface area contributed by atoms with E-state index in [2.05, 4.69) is 39.2 Å². The molecule has 0 saturated heterocycles. The van der Waals surface area contributed by atoms with E-state index in [1.54, 1.807) is 6.92 Å². The molecule has 0 spiro atoms. The van der Waals surface area contributed by atoms with E-state index in [1.807, 2.05) is 11.4 Å². The summed E-state index contributed by atoms with van der Waals surface area (Å²) in [6.45, 7) is 1.00. The van der Waals surface area contributed by atoms with Crippen LogP contribution in [0.1, 0.15) is 6.92 Å². The van der Waals surface area contributed by atoms with Crippen LogP contribution >= 0.6 is 0 Å². The normalized spacial score (nSPS) is 6.56. The van der Waals surface area contributed by atoms with Crippen molar-refractivity contribution in [1.29, 1.82) is 0 Å². The first-order valence-corrected chi connectivity index (χ1v) is 3.80. The standard InChI is InChI=1S/C9H6N2O5/c1-2-3-4-5-6-7-15-9(12)10-8-16-11(13)14/h8H2,1H3,(H,10,12). The van der Waals surface area contributed by atoms with Gasteiger partial charge in [-0.25, -0.2) is 4.79 Å². The average Bonchev–Trinajstić information content (AvgIpc) is 2.22. The molecule has 0 aliphatic carbocycles. The number of nitrogens with zero attached hydrogens (tertiary/aromatic N) is 1. The SMILES string of the molecule is CC#CC#CC#COC(=O)NCO[N+](=O)[O-]. The van der Waals surface area contributed by atoms with Gasteiger partial charge in [0.05, 0.1) is 0 Å². The smallest absolute Gasteiger partial charge is 0.355 e. The van der Waals surface area contributed by atoms with Crippen molar-refractivity contribution >= 4 is 6.09 Å². The number of hydrogen-bond acceptors (Lipinski definition) is 5. The van der Waals surface area contributed by atoms with Gasteiger partial charge in [-0.05, 0) is 18.8 Å². The van der Waals surface area contributed by atoms with Gasteiger partial charge in [0.1, 0.15) is 6.11 Å². The number of hydrogen-bond donors (Lipinski definition) is 1. The molecule has 0 aromatic rings. The molecule has 0 unspecified atom stereocenters. The van der Waals surface area contributed by atoms with Gasteiger partial charge in [-0.1, -0.05) is 5.92 Å². The molecule has 16 heavy (non-hydrogen) atoms. The highest BCUT2D eigenvalue weighted by Gasteiger charge is 2.00. The second kappa shape index (κ2) is 8.74. The Morgan fingerprint density at radius 2 is 2.06 bits per heavy atom. The van der Waals surface area contributed by atoms with E-state index in [0.717, 1.165) is 0 Å². The van der Waals surface area contributed by atoms with Crippen LogP contribution in [0.15, 0.2) is 0 Å². The van der Waals surface area contributed by atoms with Crippen molar-refractivity contribution in [2.45, 2.75) is 6.92 Å². The van der Waals surface area contributed by atoms with Crippen molar-refractivity contribution in [3.05, 3.63) is 10.1 Å². The molecular weight excluding hydrogens is 216 g/mol. The Bertz CT molecular complexity index is 438.